The average molecular weight is 265 g/mol. The molecule has 1 amide bonds. The molecule has 0 fully saturated rings. The molecular weight excluding hydrogens is 249 g/mol. The highest BCUT2D eigenvalue weighted by atomic mass is 19.1. The molecule has 1 aromatic rings. The zero-order chi connectivity index (χ0) is 14.1. The molecule has 0 saturated heterocycles. The van der Waals surface area contributed by atoms with E-state index in [0.717, 1.165) is 6.07 Å². The van der Waals surface area contributed by atoms with Gasteiger partial charge >= 0.3 is 0 Å². The summed E-state index contributed by atoms with van der Waals surface area (Å²) >= 11 is 0. The van der Waals surface area contributed by atoms with E-state index in [2.05, 4.69) is 17.2 Å². The van der Waals surface area contributed by atoms with Gasteiger partial charge in [0.25, 0.3) is 5.91 Å². The molecule has 0 aromatic heterocycles. The van der Waals surface area contributed by atoms with E-state index in [1.54, 1.807) is 0 Å². The van der Waals surface area contributed by atoms with Gasteiger partial charge in [-0.3, -0.25) is 4.79 Å². The molecule has 5 heteroatoms. The number of amides is 1. The van der Waals surface area contributed by atoms with Crippen molar-refractivity contribution >= 4 is 5.91 Å². The van der Waals surface area contributed by atoms with Gasteiger partial charge in [-0.2, -0.15) is 0 Å². The number of carbonyl (C=O) groups excluding carboxylic acids is 1. The monoisotopic (exact) mass is 265 g/mol. The van der Waals surface area contributed by atoms with Crippen LogP contribution in [0.25, 0.3) is 0 Å². The predicted molar refractivity (Wildman–Crippen MR) is 69.2 cm³/mol. The van der Waals surface area contributed by atoms with Crippen LogP contribution in [0.2, 0.25) is 0 Å². The van der Waals surface area contributed by atoms with Crippen molar-refractivity contribution in [2.24, 2.45) is 0 Å². The summed E-state index contributed by atoms with van der Waals surface area (Å²) in [5.74, 6) is 3.87. The Labute approximate surface area is 111 Å². The van der Waals surface area contributed by atoms with Gasteiger partial charge < -0.3 is 15.2 Å². The first-order valence-electron chi connectivity index (χ1n) is 5.94. The first-order chi connectivity index (χ1) is 9.19. The summed E-state index contributed by atoms with van der Waals surface area (Å²) in [5, 5.41) is 11.1. The Morgan fingerprint density at radius 3 is 2.95 bits per heavy atom. The summed E-state index contributed by atoms with van der Waals surface area (Å²) in [5.41, 5.74) is 0.378. The van der Waals surface area contributed by atoms with Gasteiger partial charge in [-0.25, -0.2) is 4.39 Å². The minimum atomic E-state index is -0.585. The Kier molecular flexibility index (Phi) is 6.58. The van der Waals surface area contributed by atoms with Crippen LogP contribution in [0.3, 0.4) is 0 Å². The Bertz CT molecular complexity index is 491. The van der Waals surface area contributed by atoms with E-state index in [4.69, 9.17) is 9.84 Å². The maximum absolute atomic E-state index is 13.6. The maximum atomic E-state index is 13.6. The molecule has 0 spiro atoms. The second kappa shape index (κ2) is 8.25. The fourth-order valence-corrected chi connectivity index (χ4v) is 1.38. The minimum absolute atomic E-state index is 0.153. The van der Waals surface area contributed by atoms with Crippen molar-refractivity contribution in [3.63, 3.8) is 0 Å². The number of nitrogens with one attached hydrogen (secondary N) is 1. The lowest BCUT2D eigenvalue weighted by atomic mass is 10.1. The van der Waals surface area contributed by atoms with Crippen molar-refractivity contribution in [3.05, 3.63) is 35.1 Å². The number of rotatable bonds is 5. The zero-order valence-corrected chi connectivity index (χ0v) is 10.7. The van der Waals surface area contributed by atoms with Gasteiger partial charge in [0.05, 0.1) is 12.2 Å². The van der Waals surface area contributed by atoms with Gasteiger partial charge in [-0.1, -0.05) is 11.8 Å². The van der Waals surface area contributed by atoms with Crippen LogP contribution in [-0.2, 0) is 4.74 Å². The third-order valence-corrected chi connectivity index (χ3v) is 2.27. The van der Waals surface area contributed by atoms with Crippen LogP contribution in [0.4, 0.5) is 4.39 Å². The molecule has 1 aromatic carbocycles. The summed E-state index contributed by atoms with van der Waals surface area (Å²) in [7, 11) is 0. The van der Waals surface area contributed by atoms with Crippen molar-refractivity contribution in [1.82, 2.24) is 5.32 Å². The molecule has 1 rings (SSSR count). The largest absolute Gasteiger partial charge is 0.384 e. The van der Waals surface area contributed by atoms with Crippen molar-refractivity contribution < 1.29 is 19.0 Å². The number of aliphatic hydroxyl groups excluding tert-OH is 1. The molecule has 102 valence electrons. The highest BCUT2D eigenvalue weighted by Crippen LogP contribution is 2.09. The van der Waals surface area contributed by atoms with Crippen LogP contribution in [0, 0.1) is 17.7 Å². The second-order valence-electron chi connectivity index (χ2n) is 3.61. The molecule has 2 N–H and O–H groups in total. The van der Waals surface area contributed by atoms with E-state index in [9.17, 15) is 9.18 Å². The molecular formula is C14H16FNO3. The van der Waals surface area contributed by atoms with Crippen molar-refractivity contribution in [1.29, 1.82) is 0 Å². The number of ether oxygens (including phenoxy) is 1. The lowest BCUT2D eigenvalue weighted by Crippen LogP contribution is -2.27. The van der Waals surface area contributed by atoms with Crippen molar-refractivity contribution in [2.45, 2.75) is 6.92 Å². The normalized spacial score (nSPS) is 9.63. The molecule has 0 radical (unpaired) electrons. The van der Waals surface area contributed by atoms with E-state index in [1.165, 1.54) is 12.1 Å². The van der Waals surface area contributed by atoms with E-state index in [-0.39, 0.29) is 23.6 Å². The third kappa shape index (κ3) is 5.08. The minimum Gasteiger partial charge on any atom is -0.384 e. The predicted octanol–water partition coefficient (Wildman–Crippen LogP) is 0.936. The zero-order valence-electron chi connectivity index (χ0n) is 10.7. The lowest BCUT2D eigenvalue weighted by molar-refractivity contribution is 0.0922. The number of hydrogen-bond donors (Lipinski definition) is 2. The van der Waals surface area contributed by atoms with Gasteiger partial charge in [0, 0.05) is 18.7 Å². The average Bonchev–Trinajstić information content (AvgIpc) is 2.42. The van der Waals surface area contributed by atoms with Gasteiger partial charge in [0.15, 0.2) is 0 Å². The third-order valence-electron chi connectivity index (χ3n) is 2.27. The van der Waals surface area contributed by atoms with Crippen LogP contribution in [0.15, 0.2) is 18.2 Å². The molecule has 0 aliphatic carbocycles. The molecule has 19 heavy (non-hydrogen) atoms. The highest BCUT2D eigenvalue weighted by Gasteiger charge is 2.08. The molecule has 4 nitrogen and oxygen atoms in total. The summed E-state index contributed by atoms with van der Waals surface area (Å²) in [4.78, 5) is 11.7. The first kappa shape index (κ1) is 15.2. The van der Waals surface area contributed by atoms with Crippen LogP contribution in [0.1, 0.15) is 22.8 Å². The van der Waals surface area contributed by atoms with E-state index < -0.39 is 5.82 Å². The summed E-state index contributed by atoms with van der Waals surface area (Å²) in [6.45, 7) is 2.91. The second-order valence-corrected chi connectivity index (χ2v) is 3.61. The fourth-order valence-electron chi connectivity index (χ4n) is 1.38. The Hall–Kier alpha value is -1.90. The smallest absolute Gasteiger partial charge is 0.251 e. The molecule has 0 atom stereocenters. The van der Waals surface area contributed by atoms with Gasteiger partial charge in [0.1, 0.15) is 12.4 Å². The van der Waals surface area contributed by atoms with Gasteiger partial charge in [-0.15, -0.1) is 0 Å². The quantitative estimate of drug-likeness (QED) is 0.615. The fraction of sp³-hybridized carbons (Fsp3) is 0.357. The van der Waals surface area contributed by atoms with Crippen molar-refractivity contribution in [3.8, 4) is 11.8 Å². The number of benzene rings is 1. The van der Waals surface area contributed by atoms with Crippen LogP contribution in [0.5, 0.6) is 0 Å². The summed E-state index contributed by atoms with van der Waals surface area (Å²) < 4.78 is 18.7. The Morgan fingerprint density at radius 1 is 1.53 bits per heavy atom. The summed E-state index contributed by atoms with van der Waals surface area (Å²) in [6.07, 6.45) is 0. The molecule has 0 aliphatic heterocycles. The number of carbonyl (C=O) groups is 1. The standard InChI is InChI=1S/C14H16FNO3/c1-2-19-9-7-16-14(18)12-6-5-11(4-3-8-17)13(15)10-12/h5-6,10,17H,2,7-9H2,1H3,(H,16,18). The summed E-state index contributed by atoms with van der Waals surface area (Å²) in [6, 6.07) is 4.02. The van der Waals surface area contributed by atoms with Gasteiger partial charge in [0.2, 0.25) is 0 Å². The molecule has 0 unspecified atom stereocenters. The highest BCUT2D eigenvalue weighted by molar-refractivity contribution is 5.94. The Morgan fingerprint density at radius 2 is 2.32 bits per heavy atom. The van der Waals surface area contributed by atoms with E-state index in [1.807, 2.05) is 6.92 Å². The maximum Gasteiger partial charge on any atom is 0.251 e. The topological polar surface area (TPSA) is 58.6 Å². The molecule has 0 saturated carbocycles. The number of aliphatic hydroxyl groups is 1. The van der Waals surface area contributed by atoms with E-state index in [0.29, 0.717) is 19.8 Å². The molecule has 0 heterocycles. The Balaban J connectivity index is 2.64. The number of hydrogen-bond acceptors (Lipinski definition) is 3. The number of halogens is 1. The first-order valence-corrected chi connectivity index (χ1v) is 5.94. The van der Waals surface area contributed by atoms with E-state index >= 15 is 0 Å². The van der Waals surface area contributed by atoms with Crippen molar-refractivity contribution in [2.75, 3.05) is 26.4 Å². The van der Waals surface area contributed by atoms with Crippen LogP contribution >= 0.6 is 0 Å². The lowest BCUT2D eigenvalue weighted by Gasteiger charge is -2.05. The van der Waals surface area contributed by atoms with Crippen LogP contribution in [-0.4, -0.2) is 37.4 Å². The van der Waals surface area contributed by atoms with Crippen LogP contribution < -0.4 is 5.32 Å². The molecule has 0 bridgehead atoms. The SMILES string of the molecule is CCOCCNC(=O)c1ccc(C#CCO)c(F)c1. The van der Waals surface area contributed by atoms with Gasteiger partial charge in [-0.05, 0) is 25.1 Å². The molecule has 0 aliphatic rings.